The summed E-state index contributed by atoms with van der Waals surface area (Å²) in [4.78, 5) is 5.31. The molecular weight excluding hydrogens is 330 g/mol. The minimum absolute atomic E-state index is 0.0784. The number of benzene rings is 2. The first-order valence-corrected chi connectivity index (χ1v) is 7.55. The molecule has 0 aliphatic heterocycles. The van der Waals surface area contributed by atoms with E-state index < -0.39 is 6.61 Å². The van der Waals surface area contributed by atoms with Crippen molar-refractivity contribution in [3.63, 3.8) is 0 Å². The standard InChI is InChI=1S/C18H20F2N2O3/c1-11-4-5-12(2)14(8-11)10-24-22-17(21)13-6-7-15(25-18(19)20)16(9-13)23-3/h4-9,18H,10H2,1-3H3,(H2,21,22). The van der Waals surface area contributed by atoms with Crippen LogP contribution in [0.4, 0.5) is 8.78 Å². The van der Waals surface area contributed by atoms with Crippen LogP contribution in [0.15, 0.2) is 41.6 Å². The van der Waals surface area contributed by atoms with Crippen molar-refractivity contribution in [3.05, 3.63) is 58.7 Å². The van der Waals surface area contributed by atoms with Gasteiger partial charge in [0, 0.05) is 5.56 Å². The number of hydrogen-bond donors (Lipinski definition) is 1. The van der Waals surface area contributed by atoms with Crippen molar-refractivity contribution >= 4 is 5.84 Å². The second kappa shape index (κ2) is 8.32. The number of ether oxygens (including phenoxy) is 2. The molecule has 2 aromatic carbocycles. The third kappa shape index (κ3) is 5.07. The maximum Gasteiger partial charge on any atom is 0.387 e. The molecular formula is C18H20F2N2O3. The highest BCUT2D eigenvalue weighted by Gasteiger charge is 2.12. The molecule has 0 unspecified atom stereocenters. The molecule has 134 valence electrons. The van der Waals surface area contributed by atoms with Gasteiger partial charge in [-0.05, 0) is 43.2 Å². The lowest BCUT2D eigenvalue weighted by atomic mass is 10.1. The monoisotopic (exact) mass is 350 g/mol. The molecule has 0 aromatic heterocycles. The molecule has 0 aliphatic carbocycles. The predicted octanol–water partition coefficient (Wildman–Crippen LogP) is 3.75. The Labute approximate surface area is 145 Å². The zero-order valence-corrected chi connectivity index (χ0v) is 14.3. The topological polar surface area (TPSA) is 66.1 Å². The zero-order chi connectivity index (χ0) is 18.4. The average molecular weight is 350 g/mol. The van der Waals surface area contributed by atoms with Gasteiger partial charge in [-0.15, -0.1) is 0 Å². The smallest absolute Gasteiger partial charge is 0.387 e. The molecule has 25 heavy (non-hydrogen) atoms. The summed E-state index contributed by atoms with van der Waals surface area (Å²) >= 11 is 0. The van der Waals surface area contributed by atoms with Crippen molar-refractivity contribution < 1.29 is 23.1 Å². The lowest BCUT2D eigenvalue weighted by Crippen LogP contribution is -2.14. The van der Waals surface area contributed by atoms with E-state index in [0.717, 1.165) is 16.7 Å². The van der Waals surface area contributed by atoms with Crippen LogP contribution in [0.2, 0.25) is 0 Å². The summed E-state index contributed by atoms with van der Waals surface area (Å²) in [5, 5.41) is 3.88. The first kappa shape index (κ1) is 18.5. The molecule has 0 radical (unpaired) electrons. The first-order valence-electron chi connectivity index (χ1n) is 7.55. The van der Waals surface area contributed by atoms with E-state index in [0.29, 0.717) is 5.56 Å². The van der Waals surface area contributed by atoms with Gasteiger partial charge in [0.15, 0.2) is 17.3 Å². The van der Waals surface area contributed by atoms with Crippen LogP contribution in [0.1, 0.15) is 22.3 Å². The van der Waals surface area contributed by atoms with Crippen LogP contribution in [-0.2, 0) is 11.4 Å². The van der Waals surface area contributed by atoms with Gasteiger partial charge in [0.05, 0.1) is 7.11 Å². The fourth-order valence-corrected chi connectivity index (χ4v) is 2.20. The van der Waals surface area contributed by atoms with Crippen LogP contribution in [0.5, 0.6) is 11.5 Å². The summed E-state index contributed by atoms with van der Waals surface area (Å²) in [5.74, 6) is 0.156. The maximum absolute atomic E-state index is 12.3. The van der Waals surface area contributed by atoms with Gasteiger partial charge in [-0.2, -0.15) is 8.78 Å². The van der Waals surface area contributed by atoms with E-state index in [-0.39, 0.29) is 23.9 Å². The van der Waals surface area contributed by atoms with Crippen LogP contribution in [0.3, 0.4) is 0 Å². The van der Waals surface area contributed by atoms with Gasteiger partial charge in [-0.1, -0.05) is 28.9 Å². The largest absolute Gasteiger partial charge is 0.493 e. The molecule has 0 bridgehead atoms. The van der Waals surface area contributed by atoms with Crippen molar-refractivity contribution in [1.82, 2.24) is 0 Å². The molecule has 0 aliphatic rings. The Balaban J connectivity index is 2.10. The Kier molecular flexibility index (Phi) is 6.16. The third-order valence-corrected chi connectivity index (χ3v) is 3.56. The van der Waals surface area contributed by atoms with Crippen LogP contribution in [-0.4, -0.2) is 19.6 Å². The number of alkyl halides is 2. The lowest BCUT2D eigenvalue weighted by molar-refractivity contribution is -0.0512. The van der Waals surface area contributed by atoms with E-state index >= 15 is 0 Å². The van der Waals surface area contributed by atoms with Crippen LogP contribution in [0.25, 0.3) is 0 Å². The van der Waals surface area contributed by atoms with E-state index in [1.165, 1.54) is 25.3 Å². The number of nitrogens with two attached hydrogens (primary N) is 1. The fraction of sp³-hybridized carbons (Fsp3) is 0.278. The molecule has 0 saturated carbocycles. The Morgan fingerprint density at radius 1 is 1.12 bits per heavy atom. The Bertz CT molecular complexity index is 764. The summed E-state index contributed by atoms with van der Waals surface area (Å²) in [6.07, 6.45) is 0. The van der Waals surface area contributed by atoms with Gasteiger partial charge in [-0.25, -0.2) is 0 Å². The van der Waals surface area contributed by atoms with Gasteiger partial charge < -0.3 is 20.0 Å². The Morgan fingerprint density at radius 2 is 1.88 bits per heavy atom. The van der Waals surface area contributed by atoms with Gasteiger partial charge in [0.2, 0.25) is 0 Å². The van der Waals surface area contributed by atoms with E-state index in [1.54, 1.807) is 0 Å². The van der Waals surface area contributed by atoms with Crippen molar-refractivity contribution in [2.24, 2.45) is 10.9 Å². The van der Waals surface area contributed by atoms with E-state index in [1.807, 2.05) is 32.0 Å². The second-order valence-electron chi connectivity index (χ2n) is 5.42. The van der Waals surface area contributed by atoms with Gasteiger partial charge in [0.1, 0.15) is 6.61 Å². The molecule has 0 spiro atoms. The molecule has 2 N–H and O–H groups in total. The second-order valence-corrected chi connectivity index (χ2v) is 5.42. The summed E-state index contributed by atoms with van der Waals surface area (Å²) in [6, 6.07) is 10.3. The number of halogens is 2. The number of amidine groups is 1. The molecule has 5 nitrogen and oxygen atoms in total. The van der Waals surface area contributed by atoms with Crippen molar-refractivity contribution in [2.45, 2.75) is 27.1 Å². The minimum atomic E-state index is -2.94. The molecule has 0 fully saturated rings. The van der Waals surface area contributed by atoms with E-state index in [2.05, 4.69) is 9.89 Å². The van der Waals surface area contributed by atoms with E-state index in [4.69, 9.17) is 15.3 Å². The number of hydrogen-bond acceptors (Lipinski definition) is 4. The van der Waals surface area contributed by atoms with Gasteiger partial charge in [-0.3, -0.25) is 0 Å². The molecule has 0 heterocycles. The zero-order valence-electron chi connectivity index (χ0n) is 14.3. The molecule has 2 rings (SSSR count). The highest BCUT2D eigenvalue weighted by Crippen LogP contribution is 2.29. The minimum Gasteiger partial charge on any atom is -0.493 e. The molecule has 2 aromatic rings. The number of oxime groups is 1. The highest BCUT2D eigenvalue weighted by atomic mass is 19.3. The van der Waals surface area contributed by atoms with Gasteiger partial charge in [0.25, 0.3) is 0 Å². The number of nitrogens with zero attached hydrogens (tertiary/aromatic N) is 1. The highest BCUT2D eigenvalue weighted by molar-refractivity contribution is 5.97. The maximum atomic E-state index is 12.3. The van der Waals surface area contributed by atoms with E-state index in [9.17, 15) is 8.78 Å². The lowest BCUT2D eigenvalue weighted by Gasteiger charge is -2.11. The van der Waals surface area contributed by atoms with Crippen molar-refractivity contribution in [2.75, 3.05) is 7.11 Å². The van der Waals surface area contributed by atoms with Crippen LogP contribution >= 0.6 is 0 Å². The van der Waals surface area contributed by atoms with Crippen LogP contribution in [0, 0.1) is 13.8 Å². The number of methoxy groups -OCH3 is 1. The van der Waals surface area contributed by atoms with Crippen LogP contribution < -0.4 is 15.2 Å². The Hall–Kier alpha value is -2.83. The summed E-state index contributed by atoms with van der Waals surface area (Å²) in [6.45, 7) is 1.32. The van der Waals surface area contributed by atoms with Gasteiger partial charge >= 0.3 is 6.61 Å². The molecule has 0 saturated heterocycles. The normalized spacial score (nSPS) is 11.5. The van der Waals surface area contributed by atoms with Crippen molar-refractivity contribution in [1.29, 1.82) is 0 Å². The first-order chi connectivity index (χ1) is 11.9. The third-order valence-electron chi connectivity index (χ3n) is 3.56. The quantitative estimate of drug-likeness (QED) is 0.469. The fourth-order valence-electron chi connectivity index (χ4n) is 2.20. The average Bonchev–Trinajstić information content (AvgIpc) is 2.57. The summed E-state index contributed by atoms with van der Waals surface area (Å²) in [7, 11) is 1.35. The summed E-state index contributed by atoms with van der Waals surface area (Å²) < 4.78 is 34.1. The molecule has 7 heteroatoms. The Morgan fingerprint density at radius 3 is 2.56 bits per heavy atom. The number of aryl methyl sites for hydroxylation is 2. The predicted molar refractivity (Wildman–Crippen MR) is 91.1 cm³/mol. The summed E-state index contributed by atoms with van der Waals surface area (Å²) in [5.41, 5.74) is 9.58. The molecule has 0 atom stereocenters. The molecule has 0 amide bonds. The van der Waals surface area contributed by atoms with Crippen molar-refractivity contribution in [3.8, 4) is 11.5 Å². The SMILES string of the molecule is COc1cc(C(N)=NOCc2cc(C)ccc2C)ccc1OC(F)F. The number of rotatable bonds is 7.